The number of amidine groups is 1. The molecule has 0 radical (unpaired) electrons. The number of hydrogen-bond acceptors (Lipinski definition) is 4. The van der Waals surface area contributed by atoms with Gasteiger partial charge in [-0.15, -0.1) is 0 Å². The molecule has 2 aromatic rings. The lowest BCUT2D eigenvalue weighted by atomic mass is 9.79. The number of fused-ring (bicyclic) bond motifs is 1. The molecule has 2 aromatic carbocycles. The highest BCUT2D eigenvalue weighted by Gasteiger charge is 2.35. The molecule has 4 rings (SSSR count). The molecule has 2 heterocycles. The van der Waals surface area contributed by atoms with E-state index in [1.54, 1.807) is 12.1 Å². The monoisotopic (exact) mass is 453 g/mol. The van der Waals surface area contributed by atoms with Crippen LogP contribution in [0.1, 0.15) is 56.7 Å². The van der Waals surface area contributed by atoms with Gasteiger partial charge in [-0.1, -0.05) is 18.5 Å². The van der Waals surface area contributed by atoms with Crippen LogP contribution >= 0.6 is 23.4 Å². The first-order valence-electron chi connectivity index (χ1n) is 10.7. The normalized spacial score (nSPS) is 22.7. The average Bonchev–Trinajstić information content (AvgIpc) is 3.03. The zero-order valence-corrected chi connectivity index (χ0v) is 20.2. The molecule has 1 N–H and O–H groups in total. The number of thioether (sulfide) groups is 1. The van der Waals surface area contributed by atoms with Crippen molar-refractivity contribution in [3.8, 4) is 0 Å². The third-order valence-corrected chi connectivity index (χ3v) is 7.25. The van der Waals surface area contributed by atoms with Gasteiger partial charge in [0.05, 0.1) is 10.6 Å². The van der Waals surface area contributed by atoms with Crippen molar-refractivity contribution in [3.05, 3.63) is 63.0 Å². The second-order valence-electron chi connectivity index (χ2n) is 8.89. The van der Waals surface area contributed by atoms with Gasteiger partial charge in [0, 0.05) is 22.8 Å². The number of rotatable bonds is 3. The summed E-state index contributed by atoms with van der Waals surface area (Å²) in [4.78, 5) is 20.3. The fourth-order valence-electron chi connectivity index (χ4n) is 4.66. The quantitative estimate of drug-likeness (QED) is 0.529. The number of halogens is 1. The minimum atomic E-state index is -0.112. The molecule has 1 unspecified atom stereocenters. The predicted octanol–water partition coefficient (Wildman–Crippen LogP) is 6.65. The minimum Gasteiger partial charge on any atom is -0.366 e. The number of amides is 1. The number of benzene rings is 2. The number of carbonyl (C=O) groups excluding carboxylic acids is 1. The van der Waals surface area contributed by atoms with Crippen LogP contribution in [-0.4, -0.2) is 23.2 Å². The molecule has 31 heavy (non-hydrogen) atoms. The van der Waals surface area contributed by atoms with Crippen molar-refractivity contribution in [2.75, 3.05) is 11.4 Å². The molecule has 162 valence electrons. The molecule has 2 aliphatic heterocycles. The van der Waals surface area contributed by atoms with E-state index in [1.807, 2.05) is 18.2 Å². The summed E-state index contributed by atoms with van der Waals surface area (Å²) in [6.45, 7) is 12.3. The lowest BCUT2D eigenvalue weighted by Crippen LogP contribution is -2.48. The van der Waals surface area contributed by atoms with Crippen LogP contribution in [0, 0.1) is 6.92 Å². The third kappa shape index (κ3) is 4.39. The average molecular weight is 454 g/mol. The summed E-state index contributed by atoms with van der Waals surface area (Å²) in [6, 6.07) is 11.8. The number of nitrogens with one attached hydrogen (secondary N) is 1. The molecule has 0 bridgehead atoms. The van der Waals surface area contributed by atoms with E-state index in [4.69, 9.17) is 11.6 Å². The van der Waals surface area contributed by atoms with Crippen LogP contribution < -0.4 is 10.2 Å². The van der Waals surface area contributed by atoms with Gasteiger partial charge in [-0.3, -0.25) is 4.79 Å². The first-order valence-corrected chi connectivity index (χ1v) is 11.8. The summed E-state index contributed by atoms with van der Waals surface area (Å²) in [6.07, 6.45) is 3.10. The number of anilines is 1. The Morgan fingerprint density at radius 1 is 1.29 bits per heavy atom. The molecular formula is C25H28ClN3OS. The fraction of sp³-hybridized carbons (Fsp3) is 0.360. The number of aliphatic imine (C=N–C) groups is 1. The molecular weight excluding hydrogens is 426 g/mol. The van der Waals surface area contributed by atoms with Gasteiger partial charge in [-0.2, -0.15) is 0 Å². The van der Waals surface area contributed by atoms with Gasteiger partial charge in [-0.25, -0.2) is 4.99 Å². The van der Waals surface area contributed by atoms with Crippen molar-refractivity contribution in [3.63, 3.8) is 0 Å². The molecule has 6 heteroatoms. The fourth-order valence-corrected chi connectivity index (χ4v) is 5.62. The maximum atomic E-state index is 12.6. The molecule has 1 amide bonds. The first-order chi connectivity index (χ1) is 14.7. The highest BCUT2D eigenvalue weighted by Crippen LogP contribution is 2.44. The third-order valence-electron chi connectivity index (χ3n) is 6.08. The van der Waals surface area contributed by atoms with E-state index in [2.05, 4.69) is 62.0 Å². The number of nitrogens with zero attached hydrogens (tertiary/aromatic N) is 2. The van der Waals surface area contributed by atoms with Gasteiger partial charge in [0.1, 0.15) is 0 Å². The van der Waals surface area contributed by atoms with E-state index in [1.165, 1.54) is 28.6 Å². The number of hydrogen-bond donors (Lipinski definition) is 1. The van der Waals surface area contributed by atoms with Crippen molar-refractivity contribution in [2.45, 2.75) is 52.5 Å². The number of aryl methyl sites for hydroxylation is 1. The molecule has 1 saturated heterocycles. The summed E-state index contributed by atoms with van der Waals surface area (Å²) in [5.74, 6) is 0.358. The highest BCUT2D eigenvalue weighted by atomic mass is 35.5. The Morgan fingerprint density at radius 3 is 2.68 bits per heavy atom. The zero-order chi connectivity index (χ0) is 22.3. The van der Waals surface area contributed by atoms with Crippen LogP contribution in [-0.2, 0) is 4.79 Å². The van der Waals surface area contributed by atoms with Crippen molar-refractivity contribution in [1.82, 2.24) is 5.32 Å². The van der Waals surface area contributed by atoms with E-state index in [0.717, 1.165) is 24.2 Å². The second-order valence-corrected chi connectivity index (χ2v) is 10.4. The SMILES string of the molecule is CCN1c2cc(C)c(/C=C3/SC(=Nc4ccc(Cl)cc4)NC3=O)cc2C(C)CC1(C)C. The van der Waals surface area contributed by atoms with E-state index >= 15 is 0 Å². The Balaban J connectivity index is 1.66. The van der Waals surface area contributed by atoms with Crippen molar-refractivity contribution >= 4 is 51.9 Å². The van der Waals surface area contributed by atoms with Crippen molar-refractivity contribution in [1.29, 1.82) is 0 Å². The van der Waals surface area contributed by atoms with Gasteiger partial charge >= 0.3 is 0 Å². The van der Waals surface area contributed by atoms with Crippen LogP contribution in [0.4, 0.5) is 11.4 Å². The standard InChI is InChI=1S/C25H28ClN3OS/c1-6-29-21-11-15(2)17(12-20(21)16(3)14-25(29,4)5)13-22-23(30)28-24(31-22)27-19-9-7-18(26)8-10-19/h7-13,16H,6,14H2,1-5H3,(H,27,28,30)/b22-13+. The first kappa shape index (κ1) is 22.0. The zero-order valence-electron chi connectivity index (χ0n) is 18.6. The molecule has 0 saturated carbocycles. The van der Waals surface area contributed by atoms with Crippen LogP contribution in [0.3, 0.4) is 0 Å². The summed E-state index contributed by atoms with van der Waals surface area (Å²) in [7, 11) is 0. The van der Waals surface area contributed by atoms with Gasteiger partial charge in [0.2, 0.25) is 0 Å². The maximum absolute atomic E-state index is 12.6. The van der Waals surface area contributed by atoms with Gasteiger partial charge in [0.25, 0.3) is 5.91 Å². The Hall–Kier alpha value is -2.24. The molecule has 1 atom stereocenters. The lowest BCUT2D eigenvalue weighted by molar-refractivity contribution is -0.115. The summed E-state index contributed by atoms with van der Waals surface area (Å²) >= 11 is 7.31. The predicted molar refractivity (Wildman–Crippen MR) is 134 cm³/mol. The van der Waals surface area contributed by atoms with Crippen LogP contribution in [0.5, 0.6) is 0 Å². The lowest BCUT2D eigenvalue weighted by Gasteiger charge is -2.47. The Bertz CT molecular complexity index is 1090. The summed E-state index contributed by atoms with van der Waals surface area (Å²) in [5.41, 5.74) is 5.84. The van der Waals surface area contributed by atoms with Crippen LogP contribution in [0.15, 0.2) is 46.3 Å². The minimum absolute atomic E-state index is 0.112. The van der Waals surface area contributed by atoms with E-state index in [9.17, 15) is 4.79 Å². The van der Waals surface area contributed by atoms with Crippen LogP contribution in [0.25, 0.3) is 6.08 Å². The molecule has 2 aliphatic rings. The van der Waals surface area contributed by atoms with Crippen molar-refractivity contribution < 1.29 is 4.79 Å². The highest BCUT2D eigenvalue weighted by molar-refractivity contribution is 8.18. The summed E-state index contributed by atoms with van der Waals surface area (Å²) < 4.78 is 0. The summed E-state index contributed by atoms with van der Waals surface area (Å²) in [5, 5.41) is 4.12. The van der Waals surface area contributed by atoms with Crippen LogP contribution in [0.2, 0.25) is 5.02 Å². The van der Waals surface area contributed by atoms with Gasteiger partial charge in [-0.05, 0) is 111 Å². The van der Waals surface area contributed by atoms with E-state index in [-0.39, 0.29) is 11.4 Å². The van der Waals surface area contributed by atoms with E-state index in [0.29, 0.717) is 21.0 Å². The topological polar surface area (TPSA) is 44.7 Å². The maximum Gasteiger partial charge on any atom is 0.264 e. The Morgan fingerprint density at radius 2 is 2.00 bits per heavy atom. The second kappa shape index (κ2) is 8.36. The molecule has 0 aromatic heterocycles. The Kier molecular flexibility index (Phi) is 5.93. The largest absolute Gasteiger partial charge is 0.366 e. The molecule has 0 spiro atoms. The molecule has 1 fully saturated rings. The van der Waals surface area contributed by atoms with E-state index < -0.39 is 0 Å². The van der Waals surface area contributed by atoms with Gasteiger partial charge < -0.3 is 10.2 Å². The van der Waals surface area contributed by atoms with Crippen molar-refractivity contribution in [2.24, 2.45) is 4.99 Å². The number of carbonyl (C=O) groups is 1. The molecule has 4 nitrogen and oxygen atoms in total. The molecule has 0 aliphatic carbocycles. The van der Waals surface area contributed by atoms with Gasteiger partial charge in [0.15, 0.2) is 5.17 Å². The smallest absolute Gasteiger partial charge is 0.264 e. The Labute approximate surface area is 193 Å².